The van der Waals surface area contributed by atoms with Crippen molar-refractivity contribution in [1.82, 2.24) is 10.6 Å². The van der Waals surface area contributed by atoms with E-state index in [0.717, 1.165) is 26.1 Å². The summed E-state index contributed by atoms with van der Waals surface area (Å²) >= 11 is 5.51. The molecule has 92 valence electrons. The lowest BCUT2D eigenvalue weighted by Gasteiger charge is -2.11. The fourth-order valence-electron chi connectivity index (χ4n) is 1.57. The zero-order chi connectivity index (χ0) is 12.0. The van der Waals surface area contributed by atoms with E-state index in [0.29, 0.717) is 12.5 Å². The second-order valence-electron chi connectivity index (χ2n) is 3.62. The predicted octanol–water partition coefficient (Wildman–Crippen LogP) is 0.864. The Balaban J connectivity index is 2.33. The fourth-order valence-corrected chi connectivity index (χ4v) is 1.73. The van der Waals surface area contributed by atoms with E-state index < -0.39 is 10.1 Å². The van der Waals surface area contributed by atoms with Crippen LogP contribution in [0.15, 0.2) is 11.0 Å². The number of nitro groups is 1. The number of nitrogens with one attached hydrogen (secondary N) is 2. The van der Waals surface area contributed by atoms with E-state index in [2.05, 4.69) is 10.6 Å². The third kappa shape index (κ3) is 3.86. The van der Waals surface area contributed by atoms with Crippen molar-refractivity contribution in [3.63, 3.8) is 0 Å². The van der Waals surface area contributed by atoms with Gasteiger partial charge in [0.1, 0.15) is 0 Å². The molecular formula is C9H16ClN3O3. The highest BCUT2D eigenvalue weighted by Gasteiger charge is 2.17. The first kappa shape index (κ1) is 13.1. The topological polar surface area (TPSA) is 76.4 Å². The van der Waals surface area contributed by atoms with Crippen LogP contribution in [0.25, 0.3) is 0 Å². The number of rotatable bonds is 6. The maximum atomic E-state index is 10.4. The van der Waals surface area contributed by atoms with Gasteiger partial charge in [-0.25, -0.2) is 0 Å². The van der Waals surface area contributed by atoms with E-state index in [4.69, 9.17) is 16.3 Å². The highest BCUT2D eigenvalue weighted by Crippen LogP contribution is 2.15. The van der Waals surface area contributed by atoms with Crippen LogP contribution in [0.5, 0.6) is 0 Å². The first-order valence-corrected chi connectivity index (χ1v) is 5.56. The molecule has 0 aromatic rings. The van der Waals surface area contributed by atoms with Crippen molar-refractivity contribution >= 4 is 11.6 Å². The van der Waals surface area contributed by atoms with Crippen molar-refractivity contribution < 1.29 is 9.66 Å². The van der Waals surface area contributed by atoms with E-state index in [9.17, 15) is 10.1 Å². The average Bonchev–Trinajstić information content (AvgIpc) is 2.76. The Morgan fingerprint density at radius 1 is 1.69 bits per heavy atom. The molecule has 0 spiro atoms. The average molecular weight is 250 g/mol. The molecule has 0 aromatic carbocycles. The molecule has 0 bridgehead atoms. The molecule has 16 heavy (non-hydrogen) atoms. The van der Waals surface area contributed by atoms with Crippen LogP contribution in [0, 0.1) is 16.0 Å². The largest absolute Gasteiger partial charge is 0.381 e. The Morgan fingerprint density at radius 2 is 2.44 bits per heavy atom. The molecule has 0 aliphatic carbocycles. The Morgan fingerprint density at radius 3 is 2.94 bits per heavy atom. The Kier molecular flexibility index (Phi) is 5.34. The van der Waals surface area contributed by atoms with Crippen LogP contribution in [-0.4, -0.2) is 31.7 Å². The highest BCUT2D eigenvalue weighted by molar-refractivity contribution is 6.28. The molecule has 1 aliphatic heterocycles. The predicted molar refractivity (Wildman–Crippen MR) is 60.5 cm³/mol. The Labute approximate surface area is 99.1 Å². The van der Waals surface area contributed by atoms with Gasteiger partial charge >= 0.3 is 5.16 Å². The van der Waals surface area contributed by atoms with Gasteiger partial charge in [0.25, 0.3) is 0 Å². The molecule has 1 saturated heterocycles. The number of halogens is 1. The molecule has 1 rings (SSSR count). The van der Waals surface area contributed by atoms with E-state index in [-0.39, 0.29) is 5.82 Å². The van der Waals surface area contributed by atoms with Gasteiger partial charge in [-0.3, -0.25) is 10.1 Å². The van der Waals surface area contributed by atoms with Crippen LogP contribution in [-0.2, 0) is 4.74 Å². The van der Waals surface area contributed by atoms with E-state index in [1.54, 1.807) is 7.05 Å². The lowest BCUT2D eigenvalue weighted by molar-refractivity contribution is -0.414. The molecule has 0 amide bonds. The molecule has 1 aliphatic rings. The first-order chi connectivity index (χ1) is 7.65. The molecule has 7 heteroatoms. The quantitative estimate of drug-likeness (QED) is 0.415. The maximum absolute atomic E-state index is 10.4. The van der Waals surface area contributed by atoms with Gasteiger partial charge in [-0.05, 0) is 30.4 Å². The van der Waals surface area contributed by atoms with Gasteiger partial charge in [0, 0.05) is 26.8 Å². The molecule has 1 heterocycles. The van der Waals surface area contributed by atoms with Crippen LogP contribution < -0.4 is 10.6 Å². The minimum absolute atomic E-state index is 0.255. The molecule has 2 N–H and O–H groups in total. The van der Waals surface area contributed by atoms with Gasteiger partial charge in [0.15, 0.2) is 5.82 Å². The standard InChI is InChI=1S/C9H16ClN3O3/c1-11-9(8(10)13(14)15)12-4-2-7-3-5-16-6-7/h7,11-12H,2-6H2,1H3. The first-order valence-electron chi connectivity index (χ1n) is 5.18. The van der Waals surface area contributed by atoms with E-state index in [1.807, 2.05) is 0 Å². The second-order valence-corrected chi connectivity index (χ2v) is 3.98. The summed E-state index contributed by atoms with van der Waals surface area (Å²) < 4.78 is 5.24. The number of nitrogens with zero attached hydrogens (tertiary/aromatic N) is 1. The summed E-state index contributed by atoms with van der Waals surface area (Å²) in [6, 6.07) is 0. The SMILES string of the molecule is CNC(NCCC1CCOC1)=C(Cl)[N+](=O)[O-]. The molecular weight excluding hydrogens is 234 g/mol. The summed E-state index contributed by atoms with van der Waals surface area (Å²) in [4.78, 5) is 9.81. The number of hydrogen-bond donors (Lipinski definition) is 2. The summed E-state index contributed by atoms with van der Waals surface area (Å²) in [5.41, 5.74) is 0. The Hall–Kier alpha value is -1.01. The van der Waals surface area contributed by atoms with Crippen molar-refractivity contribution in [1.29, 1.82) is 0 Å². The maximum Gasteiger partial charge on any atom is 0.377 e. The summed E-state index contributed by atoms with van der Waals surface area (Å²) in [6.45, 7) is 2.24. The summed E-state index contributed by atoms with van der Waals surface area (Å²) in [6.07, 6.45) is 1.98. The molecule has 0 saturated carbocycles. The molecule has 6 nitrogen and oxygen atoms in total. The van der Waals surface area contributed by atoms with Gasteiger partial charge in [0.2, 0.25) is 0 Å². The zero-order valence-electron chi connectivity index (χ0n) is 9.16. The van der Waals surface area contributed by atoms with E-state index in [1.165, 1.54) is 0 Å². The second kappa shape index (κ2) is 6.55. The molecule has 1 unspecified atom stereocenters. The van der Waals surface area contributed by atoms with Crippen LogP contribution in [0.2, 0.25) is 0 Å². The van der Waals surface area contributed by atoms with Crippen molar-refractivity contribution in [3.05, 3.63) is 21.1 Å². The fraction of sp³-hybridized carbons (Fsp3) is 0.778. The molecule has 0 radical (unpaired) electrons. The molecule has 1 fully saturated rings. The normalized spacial score (nSPS) is 21.5. The monoisotopic (exact) mass is 249 g/mol. The van der Waals surface area contributed by atoms with Crippen molar-refractivity contribution in [2.24, 2.45) is 5.92 Å². The minimum Gasteiger partial charge on any atom is -0.381 e. The molecule has 0 aromatic heterocycles. The third-order valence-corrected chi connectivity index (χ3v) is 2.82. The van der Waals surface area contributed by atoms with Gasteiger partial charge in [-0.2, -0.15) is 0 Å². The van der Waals surface area contributed by atoms with E-state index >= 15 is 0 Å². The van der Waals surface area contributed by atoms with Crippen molar-refractivity contribution in [3.8, 4) is 0 Å². The minimum atomic E-state index is -0.626. The van der Waals surface area contributed by atoms with Gasteiger partial charge in [0.05, 0.1) is 4.92 Å². The highest BCUT2D eigenvalue weighted by atomic mass is 35.5. The van der Waals surface area contributed by atoms with Crippen molar-refractivity contribution in [2.75, 3.05) is 26.8 Å². The lowest BCUT2D eigenvalue weighted by Crippen LogP contribution is -2.28. The summed E-state index contributed by atoms with van der Waals surface area (Å²) in [5, 5.41) is 15.6. The van der Waals surface area contributed by atoms with Crippen LogP contribution in [0.3, 0.4) is 0 Å². The van der Waals surface area contributed by atoms with Gasteiger partial charge in [-0.15, -0.1) is 0 Å². The smallest absolute Gasteiger partial charge is 0.377 e. The number of ether oxygens (including phenoxy) is 1. The zero-order valence-corrected chi connectivity index (χ0v) is 9.92. The third-order valence-electron chi connectivity index (χ3n) is 2.49. The van der Waals surface area contributed by atoms with Crippen LogP contribution in [0.4, 0.5) is 0 Å². The molecule has 1 atom stereocenters. The van der Waals surface area contributed by atoms with Crippen LogP contribution >= 0.6 is 11.6 Å². The van der Waals surface area contributed by atoms with Gasteiger partial charge < -0.3 is 15.4 Å². The summed E-state index contributed by atoms with van der Waals surface area (Å²) in [5.74, 6) is 0.797. The van der Waals surface area contributed by atoms with Gasteiger partial charge in [-0.1, -0.05) is 0 Å². The lowest BCUT2D eigenvalue weighted by atomic mass is 10.1. The number of hydrogen-bond acceptors (Lipinski definition) is 5. The Bertz CT molecular complexity index is 277. The van der Waals surface area contributed by atoms with Crippen LogP contribution in [0.1, 0.15) is 12.8 Å². The van der Waals surface area contributed by atoms with Crippen molar-refractivity contribution in [2.45, 2.75) is 12.8 Å². The summed E-state index contributed by atoms with van der Waals surface area (Å²) in [7, 11) is 1.59.